The molecule has 0 saturated carbocycles. The van der Waals surface area contributed by atoms with E-state index in [2.05, 4.69) is 49.2 Å². The largest absolute Gasteiger partial charge is 0.504 e. The Morgan fingerprint density at radius 2 is 1.96 bits per heavy atom. The van der Waals surface area contributed by atoms with Crippen LogP contribution in [0.4, 0.5) is 5.82 Å². The van der Waals surface area contributed by atoms with E-state index in [4.69, 9.17) is 0 Å². The maximum absolute atomic E-state index is 10.2. The van der Waals surface area contributed by atoms with Gasteiger partial charge in [0, 0.05) is 47.9 Å². The molecule has 0 spiro atoms. The van der Waals surface area contributed by atoms with Gasteiger partial charge in [0.05, 0.1) is 0 Å². The molecular weight excluding hydrogens is 404 g/mol. The SMILES string of the molecule is Cc1cc(Br)cnc1CCCCNc1ncc(Cc2cccnc2)cc1O. The Balaban J connectivity index is 1.45. The zero-order valence-corrected chi connectivity index (χ0v) is 16.9. The van der Waals surface area contributed by atoms with Crippen molar-refractivity contribution >= 4 is 21.7 Å². The van der Waals surface area contributed by atoms with Crippen LogP contribution in [0.5, 0.6) is 5.75 Å². The number of pyridine rings is 3. The van der Waals surface area contributed by atoms with Crippen LogP contribution in [0.2, 0.25) is 0 Å². The number of unbranched alkanes of at least 4 members (excludes halogenated alkanes) is 1. The van der Waals surface area contributed by atoms with Crippen molar-refractivity contribution < 1.29 is 5.11 Å². The first-order valence-electron chi connectivity index (χ1n) is 9.03. The summed E-state index contributed by atoms with van der Waals surface area (Å²) in [6.07, 6.45) is 10.9. The zero-order valence-electron chi connectivity index (χ0n) is 15.3. The van der Waals surface area contributed by atoms with E-state index >= 15 is 0 Å². The molecule has 0 radical (unpaired) electrons. The lowest BCUT2D eigenvalue weighted by Crippen LogP contribution is -2.05. The molecule has 6 heteroatoms. The van der Waals surface area contributed by atoms with Crippen LogP contribution < -0.4 is 5.32 Å². The summed E-state index contributed by atoms with van der Waals surface area (Å²) >= 11 is 3.44. The van der Waals surface area contributed by atoms with Gasteiger partial charge in [0.2, 0.25) is 0 Å². The number of hydrogen-bond donors (Lipinski definition) is 2. The lowest BCUT2D eigenvalue weighted by Gasteiger charge is -2.09. The number of rotatable bonds is 8. The van der Waals surface area contributed by atoms with E-state index in [1.807, 2.05) is 24.5 Å². The normalized spacial score (nSPS) is 10.7. The fourth-order valence-corrected chi connectivity index (χ4v) is 3.37. The molecule has 0 saturated heterocycles. The summed E-state index contributed by atoms with van der Waals surface area (Å²) in [6.45, 7) is 2.85. The summed E-state index contributed by atoms with van der Waals surface area (Å²) in [5, 5.41) is 13.4. The van der Waals surface area contributed by atoms with Gasteiger partial charge < -0.3 is 10.4 Å². The Morgan fingerprint density at radius 1 is 1.07 bits per heavy atom. The summed E-state index contributed by atoms with van der Waals surface area (Å²) in [7, 11) is 0. The van der Waals surface area contributed by atoms with Crippen molar-refractivity contribution in [2.45, 2.75) is 32.6 Å². The molecule has 3 aromatic heterocycles. The molecule has 0 aromatic carbocycles. The summed E-state index contributed by atoms with van der Waals surface area (Å²) < 4.78 is 1.01. The Kier molecular flexibility index (Phi) is 6.76. The van der Waals surface area contributed by atoms with Gasteiger partial charge in [-0.1, -0.05) is 6.07 Å². The van der Waals surface area contributed by atoms with E-state index in [0.717, 1.165) is 47.1 Å². The second-order valence-electron chi connectivity index (χ2n) is 6.55. The zero-order chi connectivity index (χ0) is 19.1. The quantitative estimate of drug-likeness (QED) is 0.511. The number of aromatic hydroxyl groups is 1. The molecule has 0 aliphatic heterocycles. The summed E-state index contributed by atoms with van der Waals surface area (Å²) in [6, 6.07) is 7.77. The van der Waals surface area contributed by atoms with Gasteiger partial charge in [-0.25, -0.2) is 4.98 Å². The van der Waals surface area contributed by atoms with Gasteiger partial charge in [-0.2, -0.15) is 0 Å². The minimum Gasteiger partial charge on any atom is -0.504 e. The summed E-state index contributed by atoms with van der Waals surface area (Å²) in [5.41, 5.74) is 4.40. The number of halogens is 1. The van der Waals surface area contributed by atoms with E-state index in [1.54, 1.807) is 18.5 Å². The van der Waals surface area contributed by atoms with E-state index < -0.39 is 0 Å². The molecule has 0 amide bonds. The summed E-state index contributed by atoms with van der Waals surface area (Å²) in [5.74, 6) is 0.713. The highest BCUT2D eigenvalue weighted by Crippen LogP contribution is 2.22. The van der Waals surface area contributed by atoms with E-state index in [-0.39, 0.29) is 5.75 Å². The Bertz CT molecular complexity index is 887. The highest BCUT2D eigenvalue weighted by Gasteiger charge is 2.06. The van der Waals surface area contributed by atoms with Crippen LogP contribution in [0.1, 0.15) is 35.2 Å². The molecule has 3 heterocycles. The maximum Gasteiger partial charge on any atom is 0.168 e. The smallest absolute Gasteiger partial charge is 0.168 e. The fourth-order valence-electron chi connectivity index (χ4n) is 2.92. The van der Waals surface area contributed by atoms with Gasteiger partial charge in [-0.05, 0) is 77.0 Å². The number of nitrogens with one attached hydrogen (secondary N) is 1. The van der Waals surface area contributed by atoms with Crippen LogP contribution in [0.15, 0.2) is 53.5 Å². The lowest BCUT2D eigenvalue weighted by molar-refractivity contribution is 0.474. The van der Waals surface area contributed by atoms with Crippen molar-refractivity contribution in [2.75, 3.05) is 11.9 Å². The van der Waals surface area contributed by atoms with Crippen LogP contribution in [-0.2, 0) is 12.8 Å². The van der Waals surface area contributed by atoms with Gasteiger partial charge >= 0.3 is 0 Å². The van der Waals surface area contributed by atoms with Crippen molar-refractivity contribution in [1.29, 1.82) is 0 Å². The van der Waals surface area contributed by atoms with Crippen LogP contribution in [-0.4, -0.2) is 26.6 Å². The molecule has 3 rings (SSSR count). The van der Waals surface area contributed by atoms with E-state index in [1.165, 1.54) is 5.56 Å². The number of anilines is 1. The van der Waals surface area contributed by atoms with Crippen LogP contribution in [0.3, 0.4) is 0 Å². The van der Waals surface area contributed by atoms with Gasteiger partial charge in [-0.3, -0.25) is 9.97 Å². The fraction of sp³-hybridized carbons (Fsp3) is 0.286. The maximum atomic E-state index is 10.2. The van der Waals surface area contributed by atoms with Gasteiger partial charge in [0.25, 0.3) is 0 Å². The van der Waals surface area contributed by atoms with Gasteiger partial charge in [0.1, 0.15) is 0 Å². The minimum atomic E-state index is 0.182. The molecule has 3 aromatic rings. The third-order valence-corrected chi connectivity index (χ3v) is 4.78. The second kappa shape index (κ2) is 9.46. The monoisotopic (exact) mass is 426 g/mol. The predicted octanol–water partition coefficient (Wildman–Crippen LogP) is 4.67. The highest BCUT2D eigenvalue weighted by molar-refractivity contribution is 9.10. The van der Waals surface area contributed by atoms with Gasteiger partial charge in [-0.15, -0.1) is 0 Å². The lowest BCUT2D eigenvalue weighted by atomic mass is 10.1. The van der Waals surface area contributed by atoms with Crippen LogP contribution >= 0.6 is 15.9 Å². The Morgan fingerprint density at radius 3 is 2.70 bits per heavy atom. The highest BCUT2D eigenvalue weighted by atomic mass is 79.9. The first-order chi connectivity index (χ1) is 13.1. The molecule has 5 nitrogen and oxygen atoms in total. The second-order valence-corrected chi connectivity index (χ2v) is 7.47. The first-order valence-corrected chi connectivity index (χ1v) is 9.83. The first kappa shape index (κ1) is 19.3. The van der Waals surface area contributed by atoms with E-state index in [9.17, 15) is 5.11 Å². The van der Waals surface area contributed by atoms with Crippen molar-refractivity contribution in [1.82, 2.24) is 15.0 Å². The molecule has 27 heavy (non-hydrogen) atoms. The third kappa shape index (κ3) is 5.76. The number of nitrogens with zero attached hydrogens (tertiary/aromatic N) is 3. The number of hydrogen-bond acceptors (Lipinski definition) is 5. The topological polar surface area (TPSA) is 70.9 Å². The molecule has 0 aliphatic rings. The van der Waals surface area contributed by atoms with Crippen molar-refractivity contribution in [3.63, 3.8) is 0 Å². The van der Waals surface area contributed by atoms with Crippen molar-refractivity contribution in [2.24, 2.45) is 0 Å². The van der Waals surface area contributed by atoms with Crippen LogP contribution in [0.25, 0.3) is 0 Å². The third-order valence-electron chi connectivity index (χ3n) is 4.34. The van der Waals surface area contributed by atoms with E-state index in [0.29, 0.717) is 12.2 Å². The number of aryl methyl sites for hydroxylation is 2. The molecule has 0 bridgehead atoms. The standard InChI is InChI=1S/C21H23BrN4O/c1-15-9-18(22)14-25-19(15)6-2-3-8-24-21-20(27)11-17(13-26-21)10-16-5-4-7-23-12-16/h4-5,7,9,11-14,27H,2-3,6,8,10H2,1H3,(H,24,26). The molecule has 0 fully saturated rings. The minimum absolute atomic E-state index is 0.182. The van der Waals surface area contributed by atoms with Crippen LogP contribution in [0, 0.1) is 6.92 Å². The Labute approximate surface area is 168 Å². The molecular formula is C21H23BrN4O. The average molecular weight is 427 g/mol. The van der Waals surface area contributed by atoms with Crippen molar-refractivity contribution in [3.05, 3.63) is 75.9 Å². The predicted molar refractivity (Wildman–Crippen MR) is 111 cm³/mol. The summed E-state index contributed by atoms with van der Waals surface area (Å²) in [4.78, 5) is 12.9. The molecule has 0 aliphatic carbocycles. The molecule has 0 unspecified atom stereocenters. The Hall–Kier alpha value is -2.47. The molecule has 2 N–H and O–H groups in total. The number of aromatic nitrogens is 3. The molecule has 140 valence electrons. The van der Waals surface area contributed by atoms with Crippen molar-refractivity contribution in [3.8, 4) is 5.75 Å². The average Bonchev–Trinajstić information content (AvgIpc) is 2.65. The van der Waals surface area contributed by atoms with Gasteiger partial charge in [0.15, 0.2) is 11.6 Å². The molecule has 0 atom stereocenters.